The molecule has 1 aliphatic rings. The van der Waals surface area contributed by atoms with Gasteiger partial charge in [-0.2, -0.15) is 0 Å². The molecule has 0 saturated carbocycles. The van der Waals surface area contributed by atoms with Gasteiger partial charge in [0.1, 0.15) is 5.78 Å². The van der Waals surface area contributed by atoms with Gasteiger partial charge in [0.25, 0.3) is 0 Å². The minimum absolute atomic E-state index is 0.0249. The van der Waals surface area contributed by atoms with E-state index in [1.165, 1.54) is 6.92 Å². The van der Waals surface area contributed by atoms with Crippen LogP contribution in [0.2, 0.25) is 0 Å². The zero-order chi connectivity index (χ0) is 11.3. The fraction of sp³-hybridized carbons (Fsp3) is 0.818. The van der Waals surface area contributed by atoms with E-state index in [4.69, 9.17) is 0 Å². The highest BCUT2D eigenvalue weighted by atomic mass is 16.2. The van der Waals surface area contributed by atoms with Crippen LogP contribution in [0.1, 0.15) is 33.1 Å². The summed E-state index contributed by atoms with van der Waals surface area (Å²) in [5, 5.41) is 2.76. The van der Waals surface area contributed by atoms with E-state index < -0.39 is 0 Å². The Balaban J connectivity index is 2.19. The molecule has 0 aliphatic carbocycles. The zero-order valence-corrected chi connectivity index (χ0v) is 9.58. The molecule has 15 heavy (non-hydrogen) atoms. The highest BCUT2D eigenvalue weighted by molar-refractivity contribution is 5.77. The molecule has 4 heteroatoms. The summed E-state index contributed by atoms with van der Waals surface area (Å²) in [6.45, 7) is 5.89. The maximum absolute atomic E-state index is 11.6. The summed E-state index contributed by atoms with van der Waals surface area (Å²) < 4.78 is 0. The van der Waals surface area contributed by atoms with Crippen molar-refractivity contribution in [1.82, 2.24) is 10.2 Å². The lowest BCUT2D eigenvalue weighted by Gasteiger charge is -2.30. The second-order valence-electron chi connectivity index (χ2n) is 4.35. The second kappa shape index (κ2) is 5.73. The van der Waals surface area contributed by atoms with E-state index in [0.717, 1.165) is 31.8 Å². The van der Waals surface area contributed by atoms with Crippen LogP contribution in [0, 0.1) is 5.92 Å². The van der Waals surface area contributed by atoms with Crippen molar-refractivity contribution < 1.29 is 9.59 Å². The maximum Gasteiger partial charge on any atom is 0.317 e. The SMILES string of the molecule is CC(=O)CCNC(=O)N1CCC(C)CC1. The molecule has 2 amide bonds. The Hall–Kier alpha value is -1.06. The van der Waals surface area contributed by atoms with E-state index >= 15 is 0 Å². The third-order valence-corrected chi connectivity index (χ3v) is 2.82. The fourth-order valence-electron chi connectivity index (χ4n) is 1.67. The Morgan fingerprint density at radius 1 is 1.33 bits per heavy atom. The molecular formula is C11H20N2O2. The highest BCUT2D eigenvalue weighted by Gasteiger charge is 2.19. The summed E-state index contributed by atoms with van der Waals surface area (Å²) in [4.78, 5) is 24.1. The van der Waals surface area contributed by atoms with Crippen molar-refractivity contribution in [1.29, 1.82) is 0 Å². The lowest BCUT2D eigenvalue weighted by molar-refractivity contribution is -0.116. The van der Waals surface area contributed by atoms with Gasteiger partial charge in [0.05, 0.1) is 0 Å². The van der Waals surface area contributed by atoms with Gasteiger partial charge in [-0.15, -0.1) is 0 Å². The Labute approximate surface area is 91.0 Å². The molecule has 86 valence electrons. The average molecular weight is 212 g/mol. The number of carbonyl (C=O) groups excluding carboxylic acids is 2. The van der Waals surface area contributed by atoms with Crippen molar-refractivity contribution in [3.63, 3.8) is 0 Å². The number of ketones is 1. The first-order valence-electron chi connectivity index (χ1n) is 5.62. The van der Waals surface area contributed by atoms with Gasteiger partial charge in [-0.05, 0) is 25.7 Å². The van der Waals surface area contributed by atoms with Crippen LogP contribution in [-0.4, -0.2) is 36.3 Å². The van der Waals surface area contributed by atoms with Crippen molar-refractivity contribution in [3.8, 4) is 0 Å². The minimum Gasteiger partial charge on any atom is -0.338 e. The van der Waals surface area contributed by atoms with Gasteiger partial charge >= 0.3 is 6.03 Å². The predicted molar refractivity (Wildman–Crippen MR) is 58.7 cm³/mol. The van der Waals surface area contributed by atoms with Crippen molar-refractivity contribution in [3.05, 3.63) is 0 Å². The van der Waals surface area contributed by atoms with Gasteiger partial charge in [-0.1, -0.05) is 6.92 Å². The Morgan fingerprint density at radius 3 is 2.47 bits per heavy atom. The number of amides is 2. The van der Waals surface area contributed by atoms with E-state index in [9.17, 15) is 9.59 Å². The van der Waals surface area contributed by atoms with E-state index in [1.807, 2.05) is 4.90 Å². The summed E-state index contributed by atoms with van der Waals surface area (Å²) in [5.74, 6) is 0.842. The van der Waals surface area contributed by atoms with Crippen LogP contribution in [0.25, 0.3) is 0 Å². The molecule has 0 bridgehead atoms. The van der Waals surface area contributed by atoms with E-state index in [-0.39, 0.29) is 11.8 Å². The topological polar surface area (TPSA) is 49.4 Å². The van der Waals surface area contributed by atoms with Gasteiger partial charge in [0.2, 0.25) is 0 Å². The zero-order valence-electron chi connectivity index (χ0n) is 9.58. The molecule has 1 aliphatic heterocycles. The number of likely N-dealkylation sites (tertiary alicyclic amines) is 1. The molecule has 1 rings (SSSR count). The third kappa shape index (κ3) is 4.32. The van der Waals surface area contributed by atoms with Crippen molar-refractivity contribution in [2.75, 3.05) is 19.6 Å². The standard InChI is InChI=1S/C11H20N2O2/c1-9-4-7-13(8-5-9)11(15)12-6-3-10(2)14/h9H,3-8H2,1-2H3,(H,12,15). The molecule has 1 fully saturated rings. The Kier molecular flexibility index (Phi) is 4.59. The molecule has 0 spiro atoms. The maximum atomic E-state index is 11.6. The quantitative estimate of drug-likeness (QED) is 0.769. The lowest BCUT2D eigenvalue weighted by atomic mass is 10.00. The normalized spacial score (nSPS) is 17.6. The summed E-state index contributed by atoms with van der Waals surface area (Å²) >= 11 is 0. The Bertz CT molecular complexity index is 233. The summed E-state index contributed by atoms with van der Waals surface area (Å²) in [7, 11) is 0. The first-order chi connectivity index (χ1) is 7.09. The van der Waals surface area contributed by atoms with E-state index in [2.05, 4.69) is 12.2 Å². The summed E-state index contributed by atoms with van der Waals surface area (Å²) in [5.41, 5.74) is 0. The number of nitrogens with zero attached hydrogens (tertiary/aromatic N) is 1. The summed E-state index contributed by atoms with van der Waals surface area (Å²) in [6.07, 6.45) is 2.59. The van der Waals surface area contributed by atoms with Crippen LogP contribution in [0.3, 0.4) is 0 Å². The number of rotatable bonds is 3. The van der Waals surface area contributed by atoms with Gasteiger partial charge in [0, 0.05) is 26.1 Å². The number of nitrogens with one attached hydrogen (secondary N) is 1. The number of hydrogen-bond donors (Lipinski definition) is 1. The third-order valence-electron chi connectivity index (χ3n) is 2.82. The van der Waals surface area contributed by atoms with E-state index in [0.29, 0.717) is 13.0 Å². The van der Waals surface area contributed by atoms with Crippen LogP contribution in [0.15, 0.2) is 0 Å². The number of Topliss-reactive ketones (excluding diaryl/α,β-unsaturated/α-hetero) is 1. The molecule has 0 aromatic carbocycles. The summed E-state index contributed by atoms with van der Waals surface area (Å²) in [6, 6.07) is -0.0249. The van der Waals surface area contributed by atoms with Gasteiger partial charge in [-0.25, -0.2) is 4.79 Å². The highest BCUT2D eigenvalue weighted by Crippen LogP contribution is 2.15. The van der Waals surface area contributed by atoms with Crippen molar-refractivity contribution in [2.45, 2.75) is 33.1 Å². The predicted octanol–water partition coefficient (Wildman–Crippen LogP) is 1.41. The smallest absolute Gasteiger partial charge is 0.317 e. The lowest BCUT2D eigenvalue weighted by Crippen LogP contribution is -2.44. The average Bonchev–Trinajstić information content (AvgIpc) is 2.18. The largest absolute Gasteiger partial charge is 0.338 e. The molecular weight excluding hydrogens is 192 g/mol. The Morgan fingerprint density at radius 2 is 1.93 bits per heavy atom. The second-order valence-corrected chi connectivity index (χ2v) is 4.35. The van der Waals surface area contributed by atoms with Crippen LogP contribution in [-0.2, 0) is 4.79 Å². The monoisotopic (exact) mass is 212 g/mol. The first-order valence-corrected chi connectivity index (χ1v) is 5.62. The molecule has 0 unspecified atom stereocenters. The van der Waals surface area contributed by atoms with Crippen LogP contribution in [0.5, 0.6) is 0 Å². The number of urea groups is 1. The van der Waals surface area contributed by atoms with Gasteiger partial charge in [0.15, 0.2) is 0 Å². The molecule has 0 aromatic heterocycles. The van der Waals surface area contributed by atoms with Gasteiger partial charge < -0.3 is 10.2 Å². The molecule has 1 N–H and O–H groups in total. The molecule has 1 saturated heterocycles. The molecule has 4 nitrogen and oxygen atoms in total. The molecule has 0 radical (unpaired) electrons. The first kappa shape index (κ1) is 12.0. The fourth-order valence-corrected chi connectivity index (χ4v) is 1.67. The number of hydrogen-bond acceptors (Lipinski definition) is 2. The molecule has 0 aromatic rings. The van der Waals surface area contributed by atoms with Crippen molar-refractivity contribution in [2.24, 2.45) is 5.92 Å². The minimum atomic E-state index is -0.0249. The van der Waals surface area contributed by atoms with Crippen LogP contribution >= 0.6 is 0 Å². The van der Waals surface area contributed by atoms with Crippen LogP contribution in [0.4, 0.5) is 4.79 Å². The van der Waals surface area contributed by atoms with Gasteiger partial charge in [-0.3, -0.25) is 4.79 Å². The number of piperidine rings is 1. The number of carbonyl (C=O) groups is 2. The van der Waals surface area contributed by atoms with Crippen molar-refractivity contribution >= 4 is 11.8 Å². The van der Waals surface area contributed by atoms with E-state index in [1.54, 1.807) is 0 Å². The van der Waals surface area contributed by atoms with Crippen LogP contribution < -0.4 is 5.32 Å². The molecule has 1 heterocycles. The molecule has 0 atom stereocenters.